The van der Waals surface area contributed by atoms with Gasteiger partial charge in [0.1, 0.15) is 0 Å². The number of rotatable bonds is 6. The first kappa shape index (κ1) is 20.3. The summed E-state index contributed by atoms with van der Waals surface area (Å²) in [5.41, 5.74) is 7.43. The molecule has 9 nitrogen and oxygen atoms in total. The lowest BCUT2D eigenvalue weighted by atomic mass is 10.1. The molecule has 9 heteroatoms. The van der Waals surface area contributed by atoms with Crippen molar-refractivity contribution < 1.29 is 4.74 Å². The van der Waals surface area contributed by atoms with Crippen LogP contribution in [-0.2, 0) is 24.9 Å². The largest absolute Gasteiger partial charge is 0.383 e. The number of aromatic nitrogens is 4. The van der Waals surface area contributed by atoms with E-state index in [1.54, 1.807) is 14.2 Å². The van der Waals surface area contributed by atoms with Gasteiger partial charge in [-0.1, -0.05) is 11.6 Å². The van der Waals surface area contributed by atoms with Crippen LogP contribution >= 0.6 is 0 Å². The van der Waals surface area contributed by atoms with Gasteiger partial charge in [-0.25, -0.2) is 4.79 Å². The van der Waals surface area contributed by atoms with Crippen LogP contribution in [0.4, 0.5) is 5.95 Å². The number of fused-ring (bicyclic) bond motifs is 1. The zero-order chi connectivity index (χ0) is 20.4. The van der Waals surface area contributed by atoms with E-state index in [-0.39, 0.29) is 30.4 Å². The van der Waals surface area contributed by atoms with Gasteiger partial charge in [-0.2, -0.15) is 4.98 Å². The fraction of sp³-hybridized carbons (Fsp3) is 0.632. The van der Waals surface area contributed by atoms with Crippen molar-refractivity contribution in [1.82, 2.24) is 18.7 Å². The van der Waals surface area contributed by atoms with Gasteiger partial charge in [0, 0.05) is 39.8 Å². The quantitative estimate of drug-likeness (QED) is 0.719. The zero-order valence-corrected chi connectivity index (χ0v) is 17.1. The first-order valence-electron chi connectivity index (χ1n) is 9.68. The minimum absolute atomic E-state index is 0.0765. The number of allylic oxidation sites excluding steroid dienone is 2. The summed E-state index contributed by atoms with van der Waals surface area (Å²) >= 11 is 0. The number of hydrogen-bond acceptors (Lipinski definition) is 6. The fourth-order valence-corrected chi connectivity index (χ4v) is 3.62. The van der Waals surface area contributed by atoms with E-state index in [0.717, 1.165) is 25.0 Å². The van der Waals surface area contributed by atoms with Crippen LogP contribution in [0.2, 0.25) is 0 Å². The standard InChI is InChI=1S/C19H30N6O3/c1-13(2)7-9-24-15-16(21-18(24)23-8-5-6-14(20)12-23)22(3)19(27)25(17(15)26)10-11-28-4/h7,14H,5-6,8-12,20H2,1-4H3. The lowest BCUT2D eigenvalue weighted by Gasteiger charge is -2.31. The summed E-state index contributed by atoms with van der Waals surface area (Å²) in [6, 6.07) is 0.0765. The molecule has 0 saturated carbocycles. The van der Waals surface area contributed by atoms with Crippen LogP contribution in [0, 0.1) is 0 Å². The van der Waals surface area contributed by atoms with Gasteiger partial charge in [0.05, 0.1) is 13.2 Å². The zero-order valence-electron chi connectivity index (χ0n) is 17.1. The second-order valence-corrected chi connectivity index (χ2v) is 7.62. The smallest absolute Gasteiger partial charge is 0.332 e. The highest BCUT2D eigenvalue weighted by atomic mass is 16.5. The predicted molar refractivity (Wildman–Crippen MR) is 110 cm³/mol. The molecule has 1 atom stereocenters. The van der Waals surface area contributed by atoms with Gasteiger partial charge in [-0.05, 0) is 26.7 Å². The van der Waals surface area contributed by atoms with Crippen LogP contribution in [0.5, 0.6) is 0 Å². The van der Waals surface area contributed by atoms with Crippen molar-refractivity contribution in [3.63, 3.8) is 0 Å². The number of anilines is 1. The van der Waals surface area contributed by atoms with Crippen LogP contribution in [0.25, 0.3) is 11.2 Å². The van der Waals surface area contributed by atoms with Crippen molar-refractivity contribution in [2.75, 3.05) is 31.7 Å². The minimum Gasteiger partial charge on any atom is -0.383 e. The van der Waals surface area contributed by atoms with Crippen molar-refractivity contribution in [1.29, 1.82) is 0 Å². The molecular weight excluding hydrogens is 360 g/mol. The highest BCUT2D eigenvalue weighted by Crippen LogP contribution is 2.23. The Balaban J connectivity index is 2.25. The molecule has 2 N–H and O–H groups in total. The molecule has 0 radical (unpaired) electrons. The Kier molecular flexibility index (Phi) is 6.04. The SMILES string of the molecule is COCCn1c(=O)c2c(nc(N3CCCC(N)C3)n2CC=C(C)C)n(C)c1=O. The Morgan fingerprint density at radius 2 is 2.07 bits per heavy atom. The lowest BCUT2D eigenvalue weighted by molar-refractivity contribution is 0.184. The number of nitrogens with two attached hydrogens (primary N) is 1. The number of aryl methyl sites for hydroxylation is 1. The maximum absolute atomic E-state index is 13.2. The van der Waals surface area contributed by atoms with Gasteiger partial charge in [-0.15, -0.1) is 0 Å². The Morgan fingerprint density at radius 1 is 1.32 bits per heavy atom. The molecule has 0 bridgehead atoms. The third-order valence-corrected chi connectivity index (χ3v) is 5.15. The fourth-order valence-electron chi connectivity index (χ4n) is 3.62. The molecule has 1 unspecified atom stereocenters. The van der Waals surface area contributed by atoms with Crippen LogP contribution in [0.3, 0.4) is 0 Å². The average molecular weight is 390 g/mol. The van der Waals surface area contributed by atoms with Crippen LogP contribution < -0.4 is 21.9 Å². The summed E-state index contributed by atoms with van der Waals surface area (Å²) in [4.78, 5) is 32.7. The second kappa shape index (κ2) is 8.32. The predicted octanol–water partition coefficient (Wildman–Crippen LogP) is 0.437. The monoisotopic (exact) mass is 390 g/mol. The van der Waals surface area contributed by atoms with Gasteiger partial charge >= 0.3 is 5.69 Å². The summed E-state index contributed by atoms with van der Waals surface area (Å²) < 4.78 is 9.64. The van der Waals surface area contributed by atoms with Crippen molar-refractivity contribution in [2.45, 2.75) is 45.8 Å². The van der Waals surface area contributed by atoms with Crippen LogP contribution in [-0.4, -0.2) is 51.5 Å². The average Bonchev–Trinajstić information content (AvgIpc) is 3.04. The number of nitrogens with zero attached hydrogens (tertiary/aromatic N) is 5. The molecule has 0 amide bonds. The van der Waals surface area contributed by atoms with E-state index in [1.807, 2.05) is 18.4 Å². The van der Waals surface area contributed by atoms with E-state index in [4.69, 9.17) is 15.5 Å². The highest BCUT2D eigenvalue weighted by Gasteiger charge is 2.25. The van der Waals surface area contributed by atoms with Crippen LogP contribution in [0.15, 0.2) is 21.2 Å². The molecule has 3 heterocycles. The molecule has 0 aliphatic carbocycles. The number of piperidine rings is 1. The molecule has 1 fully saturated rings. The van der Waals surface area contributed by atoms with E-state index in [9.17, 15) is 9.59 Å². The highest BCUT2D eigenvalue weighted by molar-refractivity contribution is 5.74. The molecular formula is C19H30N6O3. The minimum atomic E-state index is -0.386. The summed E-state index contributed by atoms with van der Waals surface area (Å²) in [6.45, 7) is 6.55. The normalized spacial score (nSPS) is 17.3. The molecule has 0 spiro atoms. The molecule has 1 aliphatic heterocycles. The van der Waals surface area contributed by atoms with Crippen LogP contribution in [0.1, 0.15) is 26.7 Å². The van der Waals surface area contributed by atoms with E-state index in [0.29, 0.717) is 30.2 Å². The van der Waals surface area contributed by atoms with Gasteiger partial charge in [0.15, 0.2) is 11.2 Å². The Hall–Kier alpha value is -2.39. The first-order valence-corrected chi connectivity index (χ1v) is 9.68. The van der Waals surface area contributed by atoms with Gasteiger partial charge < -0.3 is 19.9 Å². The molecule has 1 aliphatic rings. The Bertz CT molecular complexity index is 996. The Labute approximate surface area is 164 Å². The number of methoxy groups -OCH3 is 1. The van der Waals surface area contributed by atoms with Gasteiger partial charge in [-0.3, -0.25) is 13.9 Å². The van der Waals surface area contributed by atoms with Gasteiger partial charge in [0.2, 0.25) is 5.95 Å². The summed E-state index contributed by atoms with van der Waals surface area (Å²) in [7, 11) is 3.20. The van der Waals surface area contributed by atoms with Crippen molar-refractivity contribution in [2.24, 2.45) is 12.8 Å². The van der Waals surface area contributed by atoms with E-state index >= 15 is 0 Å². The maximum atomic E-state index is 13.2. The van der Waals surface area contributed by atoms with Gasteiger partial charge in [0.25, 0.3) is 5.56 Å². The molecule has 28 heavy (non-hydrogen) atoms. The molecule has 0 aromatic carbocycles. The second-order valence-electron chi connectivity index (χ2n) is 7.62. The summed E-state index contributed by atoms with van der Waals surface area (Å²) in [5.74, 6) is 0.694. The molecule has 2 aromatic heterocycles. The van der Waals surface area contributed by atoms with Crippen molar-refractivity contribution >= 4 is 17.1 Å². The molecule has 154 valence electrons. The third-order valence-electron chi connectivity index (χ3n) is 5.15. The number of hydrogen-bond donors (Lipinski definition) is 1. The lowest BCUT2D eigenvalue weighted by Crippen LogP contribution is -2.44. The van der Waals surface area contributed by atoms with Crippen molar-refractivity contribution in [3.8, 4) is 0 Å². The molecule has 1 saturated heterocycles. The number of imidazole rings is 1. The van der Waals surface area contributed by atoms with E-state index in [2.05, 4.69) is 11.0 Å². The third kappa shape index (κ3) is 3.77. The van der Waals surface area contributed by atoms with Crippen molar-refractivity contribution in [3.05, 3.63) is 32.5 Å². The summed E-state index contributed by atoms with van der Waals surface area (Å²) in [6.07, 6.45) is 4.01. The van der Waals surface area contributed by atoms with E-state index < -0.39 is 0 Å². The first-order chi connectivity index (χ1) is 13.3. The maximum Gasteiger partial charge on any atom is 0.332 e. The Morgan fingerprint density at radius 3 is 2.71 bits per heavy atom. The number of ether oxygens (including phenoxy) is 1. The topological polar surface area (TPSA) is 100 Å². The molecule has 3 rings (SSSR count). The summed E-state index contributed by atoms with van der Waals surface area (Å²) in [5, 5.41) is 0. The van der Waals surface area contributed by atoms with E-state index in [1.165, 1.54) is 9.13 Å². The molecule has 2 aromatic rings.